The highest BCUT2D eigenvalue weighted by molar-refractivity contribution is 6.32. The second-order valence-electron chi connectivity index (χ2n) is 6.40. The molecule has 0 fully saturated rings. The number of hydrogen-bond acceptors (Lipinski definition) is 3. The van der Waals surface area contributed by atoms with E-state index in [0.29, 0.717) is 28.3 Å². The first-order chi connectivity index (χ1) is 13.5. The van der Waals surface area contributed by atoms with E-state index < -0.39 is 5.97 Å². The first-order valence-electron chi connectivity index (χ1n) is 8.64. The van der Waals surface area contributed by atoms with Crippen molar-refractivity contribution < 1.29 is 18.7 Å². The van der Waals surface area contributed by atoms with Crippen LogP contribution < -0.4 is 4.74 Å². The fourth-order valence-electron chi connectivity index (χ4n) is 3.56. The molecule has 0 saturated heterocycles. The van der Waals surface area contributed by atoms with Crippen LogP contribution in [0, 0.1) is 5.82 Å². The van der Waals surface area contributed by atoms with Crippen molar-refractivity contribution in [3.63, 3.8) is 0 Å². The van der Waals surface area contributed by atoms with Gasteiger partial charge < -0.3 is 14.0 Å². The number of fused-ring (bicyclic) bond motifs is 3. The second kappa shape index (κ2) is 7.17. The summed E-state index contributed by atoms with van der Waals surface area (Å²) in [5.74, 6) is -0.103. The van der Waals surface area contributed by atoms with Gasteiger partial charge in [0.15, 0.2) is 0 Å². The lowest BCUT2D eigenvalue weighted by atomic mass is 10.1. The van der Waals surface area contributed by atoms with Gasteiger partial charge in [-0.2, -0.15) is 0 Å². The molecule has 0 aliphatic heterocycles. The summed E-state index contributed by atoms with van der Waals surface area (Å²) in [4.78, 5) is 12.4. The molecule has 0 aliphatic rings. The lowest BCUT2D eigenvalue weighted by molar-refractivity contribution is 0.0603. The standard InChI is InChI=1S/C22H17ClFNO3/c1-27-19-10-8-16(22(26)28-2)20-17-11-14(23)5-9-18(17)25(21(19)20)12-13-3-6-15(24)7-4-13/h3-11H,12H2,1-2H3. The third-order valence-electron chi connectivity index (χ3n) is 4.81. The molecule has 28 heavy (non-hydrogen) atoms. The van der Waals surface area contributed by atoms with Gasteiger partial charge in [0.25, 0.3) is 0 Å². The minimum absolute atomic E-state index is 0.289. The van der Waals surface area contributed by atoms with Crippen molar-refractivity contribution in [2.24, 2.45) is 0 Å². The number of hydrogen-bond donors (Lipinski definition) is 0. The lowest BCUT2D eigenvalue weighted by Crippen LogP contribution is -2.04. The number of esters is 1. The Bertz CT molecular complexity index is 1200. The monoisotopic (exact) mass is 397 g/mol. The number of benzene rings is 3. The van der Waals surface area contributed by atoms with Gasteiger partial charge in [0.1, 0.15) is 11.6 Å². The van der Waals surface area contributed by atoms with Crippen molar-refractivity contribution in [2.45, 2.75) is 6.54 Å². The number of rotatable bonds is 4. The lowest BCUT2D eigenvalue weighted by Gasteiger charge is -2.12. The van der Waals surface area contributed by atoms with E-state index in [1.165, 1.54) is 19.2 Å². The Morgan fingerprint density at radius 3 is 2.50 bits per heavy atom. The predicted octanol–water partition coefficient (Wildman–Crippen LogP) is 5.43. The van der Waals surface area contributed by atoms with E-state index in [2.05, 4.69) is 0 Å². The van der Waals surface area contributed by atoms with E-state index in [9.17, 15) is 9.18 Å². The van der Waals surface area contributed by atoms with Crippen molar-refractivity contribution in [1.29, 1.82) is 0 Å². The third kappa shape index (κ3) is 2.98. The van der Waals surface area contributed by atoms with E-state index in [1.807, 2.05) is 16.7 Å². The van der Waals surface area contributed by atoms with Crippen molar-refractivity contribution >= 4 is 39.4 Å². The average Bonchev–Trinajstić information content (AvgIpc) is 3.02. The molecule has 3 aromatic carbocycles. The van der Waals surface area contributed by atoms with Crippen LogP contribution in [0.3, 0.4) is 0 Å². The molecule has 0 radical (unpaired) electrons. The van der Waals surface area contributed by atoms with Crippen LogP contribution in [0.25, 0.3) is 21.8 Å². The zero-order valence-electron chi connectivity index (χ0n) is 15.3. The minimum atomic E-state index is -0.437. The Morgan fingerprint density at radius 1 is 1.07 bits per heavy atom. The molecule has 4 aromatic rings. The highest BCUT2D eigenvalue weighted by atomic mass is 35.5. The van der Waals surface area contributed by atoms with E-state index in [-0.39, 0.29) is 5.82 Å². The van der Waals surface area contributed by atoms with Crippen molar-refractivity contribution in [1.82, 2.24) is 4.57 Å². The zero-order chi connectivity index (χ0) is 19.8. The maximum atomic E-state index is 13.3. The molecule has 0 unspecified atom stereocenters. The summed E-state index contributed by atoms with van der Waals surface area (Å²) in [6.45, 7) is 0.475. The minimum Gasteiger partial charge on any atom is -0.495 e. The molecule has 4 rings (SSSR count). The Labute approximate surface area is 166 Å². The number of halogens is 2. The quantitative estimate of drug-likeness (QED) is 0.431. The summed E-state index contributed by atoms with van der Waals surface area (Å²) < 4.78 is 25.9. The summed E-state index contributed by atoms with van der Waals surface area (Å²) in [7, 11) is 2.93. The summed E-state index contributed by atoms with van der Waals surface area (Å²) in [5, 5.41) is 2.10. The van der Waals surface area contributed by atoms with Crippen LogP contribution >= 0.6 is 11.6 Å². The van der Waals surface area contributed by atoms with E-state index in [0.717, 1.165) is 22.0 Å². The summed E-state index contributed by atoms with van der Waals surface area (Å²) >= 11 is 6.25. The van der Waals surface area contributed by atoms with Gasteiger partial charge in [-0.05, 0) is 48.0 Å². The van der Waals surface area contributed by atoms with E-state index in [1.54, 1.807) is 37.4 Å². The molecule has 0 amide bonds. The molecular formula is C22H17ClFNO3. The van der Waals surface area contributed by atoms with Gasteiger partial charge in [-0.15, -0.1) is 0 Å². The van der Waals surface area contributed by atoms with E-state index >= 15 is 0 Å². The van der Waals surface area contributed by atoms with Gasteiger partial charge in [-0.1, -0.05) is 23.7 Å². The Balaban J connectivity index is 2.09. The first-order valence-corrected chi connectivity index (χ1v) is 9.02. The molecule has 1 heterocycles. The van der Waals surface area contributed by atoms with Gasteiger partial charge in [-0.25, -0.2) is 9.18 Å². The molecule has 4 nitrogen and oxygen atoms in total. The van der Waals surface area contributed by atoms with Crippen LogP contribution in [0.2, 0.25) is 5.02 Å². The molecule has 1 aromatic heterocycles. The van der Waals surface area contributed by atoms with Crippen LogP contribution in [0.5, 0.6) is 5.75 Å². The smallest absolute Gasteiger partial charge is 0.338 e. The largest absolute Gasteiger partial charge is 0.495 e. The second-order valence-corrected chi connectivity index (χ2v) is 6.84. The SMILES string of the molecule is COC(=O)c1ccc(OC)c2c1c1cc(Cl)ccc1n2Cc1ccc(F)cc1. The van der Waals surface area contributed by atoms with Crippen LogP contribution in [0.4, 0.5) is 4.39 Å². The first kappa shape index (κ1) is 18.3. The maximum absolute atomic E-state index is 13.3. The van der Waals surface area contributed by atoms with Gasteiger partial charge in [0.2, 0.25) is 0 Å². The van der Waals surface area contributed by atoms with Gasteiger partial charge >= 0.3 is 5.97 Å². The number of carbonyl (C=O) groups is 1. The fourth-order valence-corrected chi connectivity index (χ4v) is 3.73. The summed E-state index contributed by atoms with van der Waals surface area (Å²) in [6.07, 6.45) is 0. The third-order valence-corrected chi connectivity index (χ3v) is 5.04. The van der Waals surface area contributed by atoms with Crippen LogP contribution in [-0.2, 0) is 11.3 Å². The van der Waals surface area contributed by atoms with Gasteiger partial charge in [-0.3, -0.25) is 0 Å². The maximum Gasteiger partial charge on any atom is 0.338 e. The molecule has 0 N–H and O–H groups in total. The normalized spacial score (nSPS) is 11.1. The summed E-state index contributed by atoms with van der Waals surface area (Å²) in [5.41, 5.74) is 2.99. The van der Waals surface area contributed by atoms with Crippen LogP contribution in [-0.4, -0.2) is 24.8 Å². The fraction of sp³-hybridized carbons (Fsp3) is 0.136. The Hall–Kier alpha value is -3.05. The zero-order valence-corrected chi connectivity index (χ0v) is 16.1. The molecule has 0 spiro atoms. The van der Waals surface area contributed by atoms with Gasteiger partial charge in [0.05, 0.1) is 25.3 Å². The number of aromatic nitrogens is 1. The van der Waals surface area contributed by atoms with Crippen LogP contribution in [0.15, 0.2) is 54.6 Å². The molecular weight excluding hydrogens is 381 g/mol. The van der Waals surface area contributed by atoms with Crippen LogP contribution in [0.1, 0.15) is 15.9 Å². The number of carbonyl (C=O) groups excluding carboxylic acids is 1. The van der Waals surface area contributed by atoms with Crippen molar-refractivity contribution in [2.75, 3.05) is 14.2 Å². The molecule has 0 bridgehead atoms. The topological polar surface area (TPSA) is 40.5 Å². The van der Waals surface area contributed by atoms with Crippen molar-refractivity contribution in [3.05, 3.63) is 76.6 Å². The summed E-state index contributed by atoms with van der Waals surface area (Å²) in [6, 6.07) is 15.3. The predicted molar refractivity (Wildman–Crippen MR) is 108 cm³/mol. The highest BCUT2D eigenvalue weighted by Crippen LogP contribution is 2.39. The number of nitrogens with zero attached hydrogens (tertiary/aromatic N) is 1. The molecule has 142 valence electrons. The number of methoxy groups -OCH3 is 2. The van der Waals surface area contributed by atoms with E-state index in [4.69, 9.17) is 21.1 Å². The Kier molecular flexibility index (Phi) is 4.69. The average molecular weight is 398 g/mol. The Morgan fingerprint density at radius 2 is 1.82 bits per heavy atom. The highest BCUT2D eigenvalue weighted by Gasteiger charge is 2.22. The molecule has 0 aliphatic carbocycles. The van der Waals surface area contributed by atoms with Crippen molar-refractivity contribution in [3.8, 4) is 5.75 Å². The molecule has 6 heteroatoms. The molecule has 0 saturated carbocycles. The number of ether oxygens (including phenoxy) is 2. The van der Waals surface area contributed by atoms with Gasteiger partial charge in [0, 0.05) is 27.9 Å². The molecule has 0 atom stereocenters.